The van der Waals surface area contributed by atoms with Gasteiger partial charge in [-0.15, -0.1) is 11.3 Å². The Morgan fingerprint density at radius 1 is 1.03 bits per heavy atom. The van der Waals surface area contributed by atoms with Crippen LogP contribution in [0.15, 0.2) is 47.8 Å². The molecule has 7 nitrogen and oxygen atoms in total. The first kappa shape index (κ1) is 22.1. The summed E-state index contributed by atoms with van der Waals surface area (Å²) in [6.07, 6.45) is 0.226. The van der Waals surface area contributed by atoms with Crippen LogP contribution in [0.1, 0.15) is 5.69 Å². The number of carbonyl (C=O) groups is 1. The van der Waals surface area contributed by atoms with Crippen molar-refractivity contribution in [1.82, 2.24) is 9.88 Å². The molecule has 2 heterocycles. The number of benzene rings is 2. The number of rotatable bonds is 7. The highest BCUT2D eigenvalue weighted by molar-refractivity contribution is 7.13. The first-order valence-corrected chi connectivity index (χ1v) is 11.4. The Morgan fingerprint density at radius 2 is 1.75 bits per heavy atom. The SMILES string of the molecule is COc1ccc(-c2nc(CC(=O)Nc3ccc(N4CCN(C)CC4)cc3)cs2)cc1OC. The van der Waals surface area contributed by atoms with E-state index in [4.69, 9.17) is 9.47 Å². The molecule has 8 heteroatoms. The summed E-state index contributed by atoms with van der Waals surface area (Å²) in [5.74, 6) is 1.24. The number of hydrogen-bond donors (Lipinski definition) is 1. The van der Waals surface area contributed by atoms with Gasteiger partial charge < -0.3 is 24.6 Å². The van der Waals surface area contributed by atoms with E-state index < -0.39 is 0 Å². The zero-order valence-corrected chi connectivity index (χ0v) is 19.4. The number of nitrogens with zero attached hydrogens (tertiary/aromatic N) is 3. The fourth-order valence-electron chi connectivity index (χ4n) is 3.68. The first-order chi connectivity index (χ1) is 15.6. The number of carbonyl (C=O) groups excluding carboxylic acids is 1. The summed E-state index contributed by atoms with van der Waals surface area (Å²) in [7, 11) is 5.36. The van der Waals surface area contributed by atoms with E-state index >= 15 is 0 Å². The van der Waals surface area contributed by atoms with Crippen molar-refractivity contribution in [3.63, 3.8) is 0 Å². The van der Waals surface area contributed by atoms with E-state index in [0.717, 1.165) is 48.1 Å². The first-order valence-electron chi connectivity index (χ1n) is 10.6. The lowest BCUT2D eigenvalue weighted by Gasteiger charge is -2.34. The molecule has 1 fully saturated rings. The average molecular weight is 453 g/mol. The van der Waals surface area contributed by atoms with Gasteiger partial charge in [0.05, 0.1) is 26.3 Å². The molecule has 3 aromatic rings. The molecule has 1 aliphatic heterocycles. The third-order valence-corrected chi connectivity index (χ3v) is 6.48. The molecule has 1 aliphatic rings. The van der Waals surface area contributed by atoms with Gasteiger partial charge >= 0.3 is 0 Å². The van der Waals surface area contributed by atoms with E-state index in [-0.39, 0.29) is 12.3 Å². The van der Waals surface area contributed by atoms with Gasteiger partial charge in [0, 0.05) is 48.5 Å². The number of aromatic nitrogens is 1. The van der Waals surface area contributed by atoms with Gasteiger partial charge in [-0.25, -0.2) is 4.98 Å². The van der Waals surface area contributed by atoms with Gasteiger partial charge in [-0.05, 0) is 49.5 Å². The van der Waals surface area contributed by atoms with Gasteiger partial charge in [0.1, 0.15) is 5.01 Å². The molecule has 0 aliphatic carbocycles. The molecule has 0 spiro atoms. The van der Waals surface area contributed by atoms with E-state index in [9.17, 15) is 4.79 Å². The molecule has 0 bridgehead atoms. The third kappa shape index (κ3) is 5.20. The van der Waals surface area contributed by atoms with E-state index in [1.54, 1.807) is 14.2 Å². The average Bonchev–Trinajstić information content (AvgIpc) is 3.28. The van der Waals surface area contributed by atoms with Crippen LogP contribution >= 0.6 is 11.3 Å². The van der Waals surface area contributed by atoms with Crippen LogP contribution in [0.3, 0.4) is 0 Å². The summed E-state index contributed by atoms with van der Waals surface area (Å²) >= 11 is 1.51. The van der Waals surface area contributed by atoms with E-state index in [0.29, 0.717) is 11.5 Å². The van der Waals surface area contributed by atoms with Crippen LogP contribution in [0.4, 0.5) is 11.4 Å². The molecule has 1 N–H and O–H groups in total. The van der Waals surface area contributed by atoms with Gasteiger partial charge in [-0.1, -0.05) is 0 Å². The lowest BCUT2D eigenvalue weighted by molar-refractivity contribution is -0.115. The maximum absolute atomic E-state index is 12.5. The lowest BCUT2D eigenvalue weighted by atomic mass is 10.2. The number of likely N-dealkylation sites (N-methyl/N-ethyl adjacent to an activating group) is 1. The van der Waals surface area contributed by atoms with Gasteiger partial charge in [0.2, 0.25) is 5.91 Å². The number of nitrogens with one attached hydrogen (secondary N) is 1. The van der Waals surface area contributed by atoms with Crippen molar-refractivity contribution in [3.8, 4) is 22.1 Å². The van der Waals surface area contributed by atoms with Crippen molar-refractivity contribution >= 4 is 28.6 Å². The van der Waals surface area contributed by atoms with E-state index in [1.807, 2.05) is 35.7 Å². The van der Waals surface area contributed by atoms with Crippen LogP contribution in [0.2, 0.25) is 0 Å². The Hall–Kier alpha value is -3.10. The molecule has 4 rings (SSSR count). The molecule has 0 saturated carbocycles. The zero-order valence-electron chi connectivity index (χ0n) is 18.6. The number of piperazine rings is 1. The normalized spacial score (nSPS) is 14.3. The van der Waals surface area contributed by atoms with Crippen LogP contribution in [0.25, 0.3) is 10.6 Å². The van der Waals surface area contributed by atoms with Gasteiger partial charge in [0.25, 0.3) is 0 Å². The fourth-order valence-corrected chi connectivity index (χ4v) is 4.50. The predicted octanol–water partition coefficient (Wildman–Crippen LogP) is 3.76. The van der Waals surface area contributed by atoms with E-state index in [2.05, 4.69) is 39.3 Å². The van der Waals surface area contributed by atoms with Crippen molar-refractivity contribution in [2.24, 2.45) is 0 Å². The number of anilines is 2. The highest BCUT2D eigenvalue weighted by Gasteiger charge is 2.15. The van der Waals surface area contributed by atoms with Crippen molar-refractivity contribution in [2.75, 3.05) is 57.7 Å². The standard InChI is InChI=1S/C24H28N4O3S/c1-27-10-12-28(13-11-27)20-7-5-18(6-8-20)25-23(29)15-19-16-32-24(26-19)17-4-9-21(30-2)22(14-17)31-3/h4-9,14,16H,10-13,15H2,1-3H3,(H,25,29). The van der Waals surface area contributed by atoms with Gasteiger partial charge in [0.15, 0.2) is 11.5 Å². The molecule has 0 radical (unpaired) electrons. The smallest absolute Gasteiger partial charge is 0.230 e. The summed E-state index contributed by atoms with van der Waals surface area (Å²) in [5.41, 5.74) is 3.66. The quantitative estimate of drug-likeness (QED) is 0.589. The number of methoxy groups -OCH3 is 2. The highest BCUT2D eigenvalue weighted by atomic mass is 32.1. The Balaban J connectivity index is 1.35. The summed E-state index contributed by atoms with van der Waals surface area (Å²) in [6, 6.07) is 13.7. The largest absolute Gasteiger partial charge is 0.493 e. The fraction of sp³-hybridized carbons (Fsp3) is 0.333. The molecule has 2 aromatic carbocycles. The summed E-state index contributed by atoms with van der Waals surface area (Å²) in [4.78, 5) is 21.9. The topological polar surface area (TPSA) is 66.9 Å². The second-order valence-corrected chi connectivity index (χ2v) is 8.63. The van der Waals surface area contributed by atoms with Gasteiger partial charge in [-0.2, -0.15) is 0 Å². The van der Waals surface area contributed by atoms with Crippen LogP contribution in [0, 0.1) is 0 Å². The highest BCUT2D eigenvalue weighted by Crippen LogP contribution is 2.33. The van der Waals surface area contributed by atoms with Crippen molar-refractivity contribution in [2.45, 2.75) is 6.42 Å². The Kier molecular flexibility index (Phi) is 6.92. The predicted molar refractivity (Wildman–Crippen MR) is 129 cm³/mol. The van der Waals surface area contributed by atoms with Crippen molar-refractivity contribution in [3.05, 3.63) is 53.5 Å². The molecule has 1 saturated heterocycles. The van der Waals surface area contributed by atoms with Crippen molar-refractivity contribution in [1.29, 1.82) is 0 Å². The number of thiazole rings is 1. The minimum Gasteiger partial charge on any atom is -0.493 e. The lowest BCUT2D eigenvalue weighted by Crippen LogP contribution is -2.44. The van der Waals surface area contributed by atoms with Crippen LogP contribution in [-0.4, -0.2) is 63.2 Å². The Bertz CT molecular complexity index is 1060. The van der Waals surface area contributed by atoms with Crippen LogP contribution in [0.5, 0.6) is 11.5 Å². The molecular weight excluding hydrogens is 424 g/mol. The summed E-state index contributed by atoms with van der Waals surface area (Å²) in [5, 5.41) is 5.73. The molecule has 1 aromatic heterocycles. The molecule has 32 heavy (non-hydrogen) atoms. The number of ether oxygens (including phenoxy) is 2. The van der Waals surface area contributed by atoms with Crippen molar-refractivity contribution < 1.29 is 14.3 Å². The number of hydrogen-bond acceptors (Lipinski definition) is 7. The molecule has 0 unspecified atom stereocenters. The van der Waals surface area contributed by atoms with Crippen LogP contribution in [-0.2, 0) is 11.2 Å². The second-order valence-electron chi connectivity index (χ2n) is 7.78. The monoisotopic (exact) mass is 452 g/mol. The number of amides is 1. The minimum absolute atomic E-state index is 0.0819. The molecular formula is C24H28N4O3S. The van der Waals surface area contributed by atoms with Gasteiger partial charge in [-0.3, -0.25) is 4.79 Å². The molecule has 1 amide bonds. The maximum Gasteiger partial charge on any atom is 0.230 e. The zero-order chi connectivity index (χ0) is 22.5. The second kappa shape index (κ2) is 10.0. The van der Waals surface area contributed by atoms with E-state index in [1.165, 1.54) is 17.0 Å². The van der Waals surface area contributed by atoms with Crippen LogP contribution < -0.4 is 19.7 Å². The summed E-state index contributed by atoms with van der Waals surface area (Å²) in [6.45, 7) is 4.18. The Labute approximate surface area is 192 Å². The minimum atomic E-state index is -0.0819. The third-order valence-electron chi connectivity index (χ3n) is 5.54. The maximum atomic E-state index is 12.5. The summed E-state index contributed by atoms with van der Waals surface area (Å²) < 4.78 is 10.7. The Morgan fingerprint density at radius 3 is 2.44 bits per heavy atom. The molecule has 168 valence electrons. The molecule has 0 atom stereocenters.